The van der Waals surface area contributed by atoms with E-state index in [1.807, 2.05) is 12.1 Å². The van der Waals surface area contributed by atoms with E-state index >= 15 is 0 Å². The number of anilines is 1. The van der Waals surface area contributed by atoms with Crippen LogP contribution in [-0.4, -0.2) is 69.3 Å². The lowest BCUT2D eigenvalue weighted by molar-refractivity contribution is 0.315. The van der Waals surface area contributed by atoms with Gasteiger partial charge in [0.2, 0.25) is 0 Å². The zero-order chi connectivity index (χ0) is 19.3. The maximum absolute atomic E-state index is 5.54. The molecule has 1 saturated carbocycles. The summed E-state index contributed by atoms with van der Waals surface area (Å²) in [6.07, 6.45) is 5.22. The van der Waals surface area contributed by atoms with E-state index in [-0.39, 0.29) is 0 Å². The Balaban J connectivity index is 1.30. The fraction of sp³-hybridized carbons (Fsp3) is 0.682. The topological polar surface area (TPSA) is 52.1 Å². The second-order valence-corrected chi connectivity index (χ2v) is 8.35. The lowest BCUT2D eigenvalue weighted by atomic mass is 10.1. The minimum atomic E-state index is 0.411. The molecule has 154 valence electrons. The van der Waals surface area contributed by atoms with Crippen LogP contribution in [0.25, 0.3) is 0 Å². The second kappa shape index (κ2) is 9.03. The third-order valence-corrected chi connectivity index (χ3v) is 6.19. The van der Waals surface area contributed by atoms with E-state index in [1.165, 1.54) is 38.0 Å². The van der Waals surface area contributed by atoms with Gasteiger partial charge in [0.1, 0.15) is 5.75 Å². The number of hydrogen-bond acceptors (Lipinski definition) is 4. The minimum Gasteiger partial charge on any atom is -0.495 e. The number of nitrogens with one attached hydrogen (secondary N) is 2. The maximum Gasteiger partial charge on any atom is 0.191 e. The molecule has 6 heteroatoms. The van der Waals surface area contributed by atoms with E-state index in [0.717, 1.165) is 50.4 Å². The van der Waals surface area contributed by atoms with Gasteiger partial charge in [-0.2, -0.15) is 0 Å². The molecule has 0 amide bonds. The van der Waals surface area contributed by atoms with Gasteiger partial charge in [-0.3, -0.25) is 4.99 Å². The third-order valence-electron chi connectivity index (χ3n) is 6.19. The molecule has 2 unspecified atom stereocenters. The number of aliphatic imine (C=N–C) groups is 1. The number of nitrogens with zero attached hydrogens (tertiary/aromatic N) is 3. The van der Waals surface area contributed by atoms with Crippen molar-refractivity contribution in [2.45, 2.75) is 44.7 Å². The van der Waals surface area contributed by atoms with E-state index in [9.17, 15) is 0 Å². The standard InChI is InChI=1S/C22H35N5O/c1-3-23-22(24-14-17-10-12-26(15-17)19-8-9-19)25-18-11-13-27(16-18)20-6-4-5-7-21(20)28-2/h4-7,17-19H,3,8-16H2,1-2H3,(H2,23,24,25). The van der Waals surface area contributed by atoms with Crippen molar-refractivity contribution in [3.63, 3.8) is 0 Å². The van der Waals surface area contributed by atoms with Gasteiger partial charge in [0, 0.05) is 44.8 Å². The Morgan fingerprint density at radius 3 is 2.79 bits per heavy atom. The number of guanidine groups is 1. The van der Waals surface area contributed by atoms with Crippen molar-refractivity contribution in [1.82, 2.24) is 15.5 Å². The van der Waals surface area contributed by atoms with Crippen LogP contribution in [0, 0.1) is 5.92 Å². The van der Waals surface area contributed by atoms with Crippen molar-refractivity contribution in [3.05, 3.63) is 24.3 Å². The summed E-state index contributed by atoms with van der Waals surface area (Å²) in [7, 11) is 1.74. The Labute approximate surface area is 169 Å². The summed E-state index contributed by atoms with van der Waals surface area (Å²) < 4.78 is 5.54. The summed E-state index contributed by atoms with van der Waals surface area (Å²) in [5, 5.41) is 7.11. The van der Waals surface area contributed by atoms with Crippen LogP contribution >= 0.6 is 0 Å². The van der Waals surface area contributed by atoms with E-state index in [2.05, 4.69) is 39.5 Å². The third kappa shape index (κ3) is 4.72. The van der Waals surface area contributed by atoms with Crippen molar-refractivity contribution in [2.75, 3.05) is 51.3 Å². The highest BCUT2D eigenvalue weighted by Gasteiger charge is 2.34. The predicted octanol–water partition coefficient (Wildman–Crippen LogP) is 2.31. The molecular formula is C22H35N5O. The molecule has 4 rings (SSSR count). The lowest BCUT2D eigenvalue weighted by Crippen LogP contribution is -2.45. The Morgan fingerprint density at radius 1 is 1.14 bits per heavy atom. The Morgan fingerprint density at radius 2 is 2.00 bits per heavy atom. The molecule has 0 bridgehead atoms. The van der Waals surface area contributed by atoms with Gasteiger partial charge >= 0.3 is 0 Å². The van der Waals surface area contributed by atoms with E-state index in [4.69, 9.17) is 9.73 Å². The fourth-order valence-electron chi connectivity index (χ4n) is 4.50. The molecule has 2 N–H and O–H groups in total. The predicted molar refractivity (Wildman–Crippen MR) is 115 cm³/mol. The number of likely N-dealkylation sites (tertiary alicyclic amines) is 1. The van der Waals surface area contributed by atoms with Gasteiger partial charge in [0.25, 0.3) is 0 Å². The van der Waals surface area contributed by atoms with Crippen LogP contribution in [-0.2, 0) is 0 Å². The molecule has 0 radical (unpaired) electrons. The van der Waals surface area contributed by atoms with Crippen LogP contribution < -0.4 is 20.3 Å². The Hall–Kier alpha value is -1.95. The molecular weight excluding hydrogens is 350 g/mol. The molecule has 2 aliphatic heterocycles. The zero-order valence-corrected chi connectivity index (χ0v) is 17.4. The molecule has 2 atom stereocenters. The Bertz CT molecular complexity index is 675. The van der Waals surface area contributed by atoms with Crippen LogP contribution in [0.2, 0.25) is 0 Å². The molecule has 28 heavy (non-hydrogen) atoms. The summed E-state index contributed by atoms with van der Waals surface area (Å²) in [5.41, 5.74) is 1.18. The largest absolute Gasteiger partial charge is 0.495 e. The van der Waals surface area contributed by atoms with Gasteiger partial charge in [0.15, 0.2) is 5.96 Å². The molecule has 2 saturated heterocycles. The highest BCUT2D eigenvalue weighted by atomic mass is 16.5. The van der Waals surface area contributed by atoms with E-state index in [0.29, 0.717) is 12.0 Å². The van der Waals surface area contributed by atoms with Gasteiger partial charge in [-0.05, 0) is 57.2 Å². The lowest BCUT2D eigenvalue weighted by Gasteiger charge is -2.22. The van der Waals surface area contributed by atoms with Gasteiger partial charge < -0.3 is 25.2 Å². The van der Waals surface area contributed by atoms with Crippen molar-refractivity contribution in [1.29, 1.82) is 0 Å². The number of methoxy groups -OCH3 is 1. The van der Waals surface area contributed by atoms with Crippen LogP contribution in [0.15, 0.2) is 29.3 Å². The monoisotopic (exact) mass is 385 g/mol. The molecule has 3 fully saturated rings. The number of hydrogen-bond donors (Lipinski definition) is 2. The summed E-state index contributed by atoms with van der Waals surface area (Å²) in [4.78, 5) is 10.0. The number of rotatable bonds is 7. The van der Waals surface area contributed by atoms with Crippen molar-refractivity contribution < 1.29 is 4.74 Å². The molecule has 6 nitrogen and oxygen atoms in total. The second-order valence-electron chi connectivity index (χ2n) is 8.35. The summed E-state index contributed by atoms with van der Waals surface area (Å²) in [6.45, 7) is 8.48. The van der Waals surface area contributed by atoms with Crippen LogP contribution in [0.4, 0.5) is 5.69 Å². The van der Waals surface area contributed by atoms with Crippen molar-refractivity contribution in [2.24, 2.45) is 10.9 Å². The molecule has 0 aromatic heterocycles. The molecule has 2 heterocycles. The van der Waals surface area contributed by atoms with Crippen molar-refractivity contribution >= 4 is 11.6 Å². The number of para-hydroxylation sites is 2. The van der Waals surface area contributed by atoms with Gasteiger partial charge in [0.05, 0.1) is 12.8 Å². The SMILES string of the molecule is CCNC(=NCC1CCN(C2CC2)C1)NC1CCN(c2ccccc2OC)C1. The normalized spacial score (nSPS) is 25.9. The quantitative estimate of drug-likeness (QED) is 0.557. The summed E-state index contributed by atoms with van der Waals surface area (Å²) in [6, 6.07) is 9.59. The smallest absolute Gasteiger partial charge is 0.191 e. The maximum atomic E-state index is 5.54. The molecule has 1 aromatic rings. The van der Waals surface area contributed by atoms with E-state index < -0.39 is 0 Å². The molecule has 1 aliphatic carbocycles. The van der Waals surface area contributed by atoms with Crippen LogP contribution in [0.1, 0.15) is 32.6 Å². The first-order chi connectivity index (χ1) is 13.8. The summed E-state index contributed by atoms with van der Waals surface area (Å²) >= 11 is 0. The zero-order valence-electron chi connectivity index (χ0n) is 17.4. The van der Waals surface area contributed by atoms with Gasteiger partial charge in [-0.25, -0.2) is 0 Å². The molecule has 1 aromatic carbocycles. The first-order valence-corrected chi connectivity index (χ1v) is 10.9. The van der Waals surface area contributed by atoms with Crippen LogP contribution in [0.5, 0.6) is 5.75 Å². The highest BCUT2D eigenvalue weighted by Crippen LogP contribution is 2.32. The number of ether oxygens (including phenoxy) is 1. The molecule has 3 aliphatic rings. The minimum absolute atomic E-state index is 0.411. The van der Waals surface area contributed by atoms with Gasteiger partial charge in [-0.1, -0.05) is 12.1 Å². The van der Waals surface area contributed by atoms with Gasteiger partial charge in [-0.15, -0.1) is 0 Å². The summed E-state index contributed by atoms with van der Waals surface area (Å²) in [5.74, 6) is 2.63. The highest BCUT2D eigenvalue weighted by molar-refractivity contribution is 5.80. The first kappa shape index (κ1) is 19.4. The van der Waals surface area contributed by atoms with Crippen molar-refractivity contribution in [3.8, 4) is 5.75 Å². The Kier molecular flexibility index (Phi) is 6.25. The van der Waals surface area contributed by atoms with E-state index in [1.54, 1.807) is 7.11 Å². The van der Waals surface area contributed by atoms with Crippen LogP contribution in [0.3, 0.4) is 0 Å². The average Bonchev–Trinajstić information content (AvgIpc) is 3.28. The first-order valence-electron chi connectivity index (χ1n) is 10.9. The fourth-order valence-corrected chi connectivity index (χ4v) is 4.50. The average molecular weight is 386 g/mol. The number of benzene rings is 1. The molecule has 0 spiro atoms.